The largest absolute Gasteiger partial charge is 0.338 e. The van der Waals surface area contributed by atoms with E-state index in [4.69, 9.17) is 0 Å². The van der Waals surface area contributed by atoms with Gasteiger partial charge in [0.25, 0.3) is 11.8 Å². The molecule has 0 radical (unpaired) electrons. The Hall–Kier alpha value is -2.40. The fourth-order valence-electron chi connectivity index (χ4n) is 2.34. The highest BCUT2D eigenvalue weighted by Gasteiger charge is 2.18. The number of carbonyl (C=O) groups is 2. The minimum atomic E-state index is -0.310. The summed E-state index contributed by atoms with van der Waals surface area (Å²) in [6.45, 7) is 4.99. The van der Waals surface area contributed by atoms with Crippen molar-refractivity contribution in [1.29, 1.82) is 0 Å². The van der Waals surface area contributed by atoms with Crippen molar-refractivity contribution >= 4 is 33.8 Å². The Morgan fingerprint density at radius 2 is 1.60 bits per heavy atom. The number of nitrogens with one attached hydrogen (secondary N) is 1. The van der Waals surface area contributed by atoms with Crippen LogP contribution in [0.5, 0.6) is 0 Å². The number of amides is 2. The van der Waals surface area contributed by atoms with Gasteiger partial charge in [0.15, 0.2) is 0 Å². The van der Waals surface area contributed by atoms with Crippen LogP contribution in [-0.2, 0) is 4.79 Å². The first kappa shape index (κ1) is 18.9. The number of nitrogens with zero attached hydrogens (tertiary/aromatic N) is 1. The quantitative estimate of drug-likeness (QED) is 0.742. The number of carbonyl (C=O) groups excluding carboxylic acids is 2. The molecular formula is C20H21BrN2O2. The third kappa shape index (κ3) is 5.29. The maximum Gasteiger partial charge on any atom is 0.270 e. The van der Waals surface area contributed by atoms with E-state index in [1.807, 2.05) is 44.2 Å². The second kappa shape index (κ2) is 9.18. The van der Waals surface area contributed by atoms with Crippen molar-refractivity contribution in [2.45, 2.75) is 13.8 Å². The number of likely N-dealkylation sites (N-methyl/N-ethyl adjacent to an activating group) is 1. The van der Waals surface area contributed by atoms with Gasteiger partial charge >= 0.3 is 0 Å². The number of benzene rings is 2. The van der Waals surface area contributed by atoms with Crippen molar-refractivity contribution in [3.8, 4) is 0 Å². The zero-order valence-electron chi connectivity index (χ0n) is 14.3. The zero-order chi connectivity index (χ0) is 18.2. The van der Waals surface area contributed by atoms with E-state index in [1.54, 1.807) is 35.2 Å². The van der Waals surface area contributed by atoms with Crippen molar-refractivity contribution < 1.29 is 9.59 Å². The van der Waals surface area contributed by atoms with Crippen LogP contribution in [0.1, 0.15) is 29.8 Å². The topological polar surface area (TPSA) is 49.4 Å². The average molecular weight is 401 g/mol. The molecule has 0 aliphatic heterocycles. The maximum absolute atomic E-state index is 12.8. The molecule has 25 heavy (non-hydrogen) atoms. The zero-order valence-corrected chi connectivity index (χ0v) is 15.9. The summed E-state index contributed by atoms with van der Waals surface area (Å²) in [4.78, 5) is 27.0. The van der Waals surface area contributed by atoms with Crippen LogP contribution in [0.3, 0.4) is 0 Å². The molecule has 0 heterocycles. The Kier molecular flexibility index (Phi) is 6.95. The molecule has 0 bridgehead atoms. The minimum Gasteiger partial charge on any atom is -0.338 e. The minimum absolute atomic E-state index is 0.195. The summed E-state index contributed by atoms with van der Waals surface area (Å²) in [6, 6.07) is 16.5. The van der Waals surface area contributed by atoms with Gasteiger partial charge in [0.05, 0.1) is 0 Å². The van der Waals surface area contributed by atoms with Gasteiger partial charge < -0.3 is 10.2 Å². The van der Waals surface area contributed by atoms with Crippen LogP contribution in [0.25, 0.3) is 6.08 Å². The number of hydrogen-bond acceptors (Lipinski definition) is 2. The van der Waals surface area contributed by atoms with Crippen molar-refractivity contribution in [3.05, 3.63) is 75.9 Å². The van der Waals surface area contributed by atoms with Crippen LogP contribution < -0.4 is 5.32 Å². The summed E-state index contributed by atoms with van der Waals surface area (Å²) in [7, 11) is 0. The highest BCUT2D eigenvalue weighted by Crippen LogP contribution is 2.12. The monoisotopic (exact) mass is 400 g/mol. The molecule has 0 aromatic heterocycles. The highest BCUT2D eigenvalue weighted by molar-refractivity contribution is 9.10. The lowest BCUT2D eigenvalue weighted by Gasteiger charge is -2.21. The second-order valence-corrected chi connectivity index (χ2v) is 6.32. The van der Waals surface area contributed by atoms with Crippen LogP contribution >= 0.6 is 15.9 Å². The summed E-state index contributed by atoms with van der Waals surface area (Å²) in [6.07, 6.45) is 1.71. The summed E-state index contributed by atoms with van der Waals surface area (Å²) in [5.74, 6) is -0.505. The van der Waals surface area contributed by atoms with Crippen LogP contribution in [0.2, 0.25) is 0 Å². The first-order chi connectivity index (χ1) is 12.0. The standard InChI is InChI=1S/C20H21BrN2O2/c1-3-23(4-2)20(25)18(14-15-8-6-5-7-9-15)22-19(24)16-10-12-17(21)13-11-16/h5-14H,3-4H2,1-2H3,(H,22,24). The summed E-state index contributed by atoms with van der Waals surface area (Å²) < 4.78 is 0.892. The maximum atomic E-state index is 12.8. The summed E-state index contributed by atoms with van der Waals surface area (Å²) >= 11 is 3.35. The molecule has 0 aliphatic carbocycles. The molecule has 0 fully saturated rings. The Morgan fingerprint density at radius 3 is 2.16 bits per heavy atom. The lowest BCUT2D eigenvalue weighted by Crippen LogP contribution is -2.38. The third-order valence-corrected chi connectivity index (χ3v) is 4.27. The van der Waals surface area contributed by atoms with E-state index < -0.39 is 0 Å². The Morgan fingerprint density at radius 1 is 1.00 bits per heavy atom. The normalized spacial score (nSPS) is 11.1. The lowest BCUT2D eigenvalue weighted by atomic mass is 10.1. The van der Waals surface area contributed by atoms with E-state index in [-0.39, 0.29) is 17.5 Å². The molecule has 2 rings (SSSR count). The van der Waals surface area contributed by atoms with E-state index in [9.17, 15) is 9.59 Å². The molecule has 0 unspecified atom stereocenters. The lowest BCUT2D eigenvalue weighted by molar-refractivity contribution is -0.127. The van der Waals surface area contributed by atoms with Crippen LogP contribution in [0.15, 0.2) is 64.8 Å². The summed E-state index contributed by atoms with van der Waals surface area (Å²) in [5, 5.41) is 2.77. The molecule has 2 amide bonds. The van der Waals surface area contributed by atoms with E-state index >= 15 is 0 Å². The molecule has 2 aromatic rings. The van der Waals surface area contributed by atoms with E-state index in [0.29, 0.717) is 18.7 Å². The fraction of sp³-hybridized carbons (Fsp3) is 0.200. The number of halogens is 1. The van der Waals surface area contributed by atoms with Crippen LogP contribution in [0.4, 0.5) is 0 Å². The smallest absolute Gasteiger partial charge is 0.270 e. The van der Waals surface area contributed by atoms with Crippen molar-refractivity contribution in [1.82, 2.24) is 10.2 Å². The van der Waals surface area contributed by atoms with Gasteiger partial charge in [-0.15, -0.1) is 0 Å². The number of hydrogen-bond donors (Lipinski definition) is 1. The van der Waals surface area contributed by atoms with Crippen molar-refractivity contribution in [2.75, 3.05) is 13.1 Å². The Bertz CT molecular complexity index is 751. The van der Waals surface area contributed by atoms with Gasteiger partial charge in [-0.1, -0.05) is 46.3 Å². The molecule has 4 nitrogen and oxygen atoms in total. The molecule has 0 saturated carbocycles. The van der Waals surface area contributed by atoms with Gasteiger partial charge in [-0.3, -0.25) is 9.59 Å². The van der Waals surface area contributed by atoms with Crippen molar-refractivity contribution in [2.24, 2.45) is 0 Å². The van der Waals surface area contributed by atoms with Gasteiger partial charge in [0.2, 0.25) is 0 Å². The SMILES string of the molecule is CCN(CC)C(=O)C(=Cc1ccccc1)NC(=O)c1ccc(Br)cc1. The first-order valence-corrected chi connectivity index (χ1v) is 8.97. The molecule has 130 valence electrons. The molecule has 0 saturated heterocycles. The molecule has 2 aromatic carbocycles. The Balaban J connectivity index is 2.31. The average Bonchev–Trinajstić information content (AvgIpc) is 2.63. The van der Waals surface area contributed by atoms with E-state index in [1.165, 1.54) is 0 Å². The van der Waals surface area contributed by atoms with E-state index in [2.05, 4.69) is 21.2 Å². The van der Waals surface area contributed by atoms with E-state index in [0.717, 1.165) is 10.0 Å². The molecule has 0 spiro atoms. The predicted molar refractivity (Wildman–Crippen MR) is 104 cm³/mol. The van der Waals surface area contributed by atoms with Crippen molar-refractivity contribution in [3.63, 3.8) is 0 Å². The van der Waals surface area contributed by atoms with Gasteiger partial charge in [-0.2, -0.15) is 0 Å². The van der Waals surface area contributed by atoms with Gasteiger partial charge in [-0.05, 0) is 49.8 Å². The third-order valence-electron chi connectivity index (χ3n) is 3.75. The molecule has 0 aliphatic rings. The van der Waals surface area contributed by atoms with Crippen LogP contribution in [0, 0.1) is 0 Å². The number of rotatable bonds is 6. The molecule has 0 atom stereocenters. The highest BCUT2D eigenvalue weighted by atomic mass is 79.9. The second-order valence-electron chi connectivity index (χ2n) is 5.41. The Labute approximate surface area is 156 Å². The van der Waals surface area contributed by atoms with Gasteiger partial charge in [0.1, 0.15) is 5.70 Å². The molecular weight excluding hydrogens is 380 g/mol. The molecule has 5 heteroatoms. The first-order valence-electron chi connectivity index (χ1n) is 8.18. The van der Waals surface area contributed by atoms with Crippen LogP contribution in [-0.4, -0.2) is 29.8 Å². The predicted octanol–water partition coefficient (Wildman–Crippen LogP) is 4.09. The van der Waals surface area contributed by atoms with Gasteiger partial charge in [-0.25, -0.2) is 0 Å². The van der Waals surface area contributed by atoms with Gasteiger partial charge in [0, 0.05) is 23.1 Å². The molecule has 1 N–H and O–H groups in total. The fourth-order valence-corrected chi connectivity index (χ4v) is 2.61. The summed E-state index contributed by atoms with van der Waals surface area (Å²) in [5.41, 5.74) is 1.62.